The Balaban J connectivity index is 2.19. The normalized spacial score (nSPS) is 11.9. The highest BCUT2D eigenvalue weighted by Gasteiger charge is 2.04. The number of hydrogen-bond acceptors (Lipinski definition) is 3. The van der Waals surface area contributed by atoms with Gasteiger partial charge in [0, 0.05) is 25.6 Å². The van der Waals surface area contributed by atoms with E-state index in [1.54, 1.807) is 0 Å². The Labute approximate surface area is 121 Å². The predicted molar refractivity (Wildman–Crippen MR) is 81.8 cm³/mol. The second-order valence-electron chi connectivity index (χ2n) is 4.88. The predicted octanol–water partition coefficient (Wildman–Crippen LogP) is 2.48. The van der Waals surface area contributed by atoms with E-state index in [1.165, 1.54) is 5.56 Å². The summed E-state index contributed by atoms with van der Waals surface area (Å²) in [4.78, 5) is 11.6. The molecule has 1 rings (SSSR count). The lowest BCUT2D eigenvalue weighted by Crippen LogP contribution is -2.33. The van der Waals surface area contributed by atoms with E-state index in [9.17, 15) is 4.79 Å². The van der Waals surface area contributed by atoms with Crippen molar-refractivity contribution in [1.82, 2.24) is 10.6 Å². The number of benzene rings is 1. The molecule has 0 aromatic heterocycles. The van der Waals surface area contributed by atoms with Gasteiger partial charge in [0.05, 0.1) is 6.61 Å². The van der Waals surface area contributed by atoms with Crippen LogP contribution in [-0.4, -0.2) is 25.1 Å². The molecule has 4 nitrogen and oxygen atoms in total. The lowest BCUT2D eigenvalue weighted by Gasteiger charge is -2.11. The van der Waals surface area contributed by atoms with Crippen molar-refractivity contribution in [3.8, 4) is 5.75 Å². The van der Waals surface area contributed by atoms with Crippen LogP contribution >= 0.6 is 0 Å². The maximum Gasteiger partial charge on any atom is 0.221 e. The molecule has 0 heterocycles. The van der Waals surface area contributed by atoms with E-state index in [0.717, 1.165) is 18.7 Å². The summed E-state index contributed by atoms with van der Waals surface area (Å²) in [5, 5.41) is 6.23. The first-order valence-corrected chi connectivity index (χ1v) is 7.37. The van der Waals surface area contributed by atoms with Crippen molar-refractivity contribution in [2.45, 2.75) is 46.2 Å². The molecule has 0 aliphatic heterocycles. The van der Waals surface area contributed by atoms with E-state index in [2.05, 4.69) is 17.6 Å². The first-order valence-electron chi connectivity index (χ1n) is 7.37. The van der Waals surface area contributed by atoms with Gasteiger partial charge >= 0.3 is 0 Å². The zero-order valence-electron chi connectivity index (χ0n) is 12.7. The molecular formula is C16H26N2O2. The summed E-state index contributed by atoms with van der Waals surface area (Å²) in [6.07, 6.45) is 1.48. The molecule has 0 unspecified atom stereocenters. The van der Waals surface area contributed by atoms with Gasteiger partial charge in [0.25, 0.3) is 0 Å². The van der Waals surface area contributed by atoms with E-state index in [0.29, 0.717) is 19.6 Å². The summed E-state index contributed by atoms with van der Waals surface area (Å²) in [6.45, 7) is 8.20. The topological polar surface area (TPSA) is 50.4 Å². The van der Waals surface area contributed by atoms with Gasteiger partial charge < -0.3 is 15.4 Å². The Morgan fingerprint density at radius 1 is 1.25 bits per heavy atom. The van der Waals surface area contributed by atoms with Crippen LogP contribution in [0.25, 0.3) is 0 Å². The minimum atomic E-state index is 0.110. The lowest BCUT2D eigenvalue weighted by atomic mass is 10.2. The molecule has 2 N–H and O–H groups in total. The monoisotopic (exact) mass is 278 g/mol. The van der Waals surface area contributed by atoms with Crippen molar-refractivity contribution < 1.29 is 9.53 Å². The largest absolute Gasteiger partial charge is 0.494 e. The maximum absolute atomic E-state index is 11.6. The standard InChI is InChI=1S/C16H26N2O2/c1-4-13(3)18-16(19)10-11-17-12-14-6-8-15(9-7-14)20-5-2/h6-9,13,17H,4-5,10-12H2,1-3H3,(H,18,19)/t13-/m1/s1. The van der Waals surface area contributed by atoms with Crippen LogP contribution in [-0.2, 0) is 11.3 Å². The highest BCUT2D eigenvalue weighted by Crippen LogP contribution is 2.11. The molecule has 0 saturated heterocycles. The van der Waals surface area contributed by atoms with E-state index in [1.807, 2.05) is 38.1 Å². The third kappa shape index (κ3) is 6.57. The molecule has 0 saturated carbocycles. The molecule has 1 aromatic carbocycles. The zero-order valence-corrected chi connectivity index (χ0v) is 12.7. The van der Waals surface area contributed by atoms with Gasteiger partial charge in [-0.15, -0.1) is 0 Å². The summed E-state index contributed by atoms with van der Waals surface area (Å²) in [7, 11) is 0. The average molecular weight is 278 g/mol. The fourth-order valence-corrected chi connectivity index (χ4v) is 1.75. The van der Waals surface area contributed by atoms with Gasteiger partial charge in [-0.2, -0.15) is 0 Å². The molecule has 0 aliphatic rings. The van der Waals surface area contributed by atoms with Crippen LogP contribution in [0.2, 0.25) is 0 Å². The van der Waals surface area contributed by atoms with Crippen LogP contribution in [0.1, 0.15) is 39.2 Å². The van der Waals surface area contributed by atoms with Crippen LogP contribution in [0.15, 0.2) is 24.3 Å². The molecule has 0 spiro atoms. The SMILES string of the molecule is CCOc1ccc(CNCCC(=O)N[C@H](C)CC)cc1. The van der Waals surface area contributed by atoms with Crippen molar-refractivity contribution in [1.29, 1.82) is 0 Å². The Kier molecular flexibility index (Phi) is 7.73. The first-order chi connectivity index (χ1) is 9.65. The summed E-state index contributed by atoms with van der Waals surface area (Å²) < 4.78 is 5.39. The number of nitrogens with one attached hydrogen (secondary N) is 2. The number of carbonyl (C=O) groups is 1. The van der Waals surface area contributed by atoms with Crippen LogP contribution in [0.5, 0.6) is 5.75 Å². The van der Waals surface area contributed by atoms with Crippen molar-refractivity contribution >= 4 is 5.91 Å². The molecule has 1 aromatic rings. The molecule has 0 fully saturated rings. The molecular weight excluding hydrogens is 252 g/mol. The van der Waals surface area contributed by atoms with Crippen LogP contribution < -0.4 is 15.4 Å². The Hall–Kier alpha value is -1.55. The van der Waals surface area contributed by atoms with Gasteiger partial charge in [-0.05, 0) is 38.0 Å². The molecule has 0 aliphatic carbocycles. The van der Waals surface area contributed by atoms with E-state index < -0.39 is 0 Å². The Morgan fingerprint density at radius 2 is 1.95 bits per heavy atom. The third-order valence-corrected chi connectivity index (χ3v) is 3.11. The summed E-state index contributed by atoms with van der Waals surface area (Å²) in [5.41, 5.74) is 1.19. The van der Waals surface area contributed by atoms with E-state index >= 15 is 0 Å². The highest BCUT2D eigenvalue weighted by atomic mass is 16.5. The second kappa shape index (κ2) is 9.37. The van der Waals surface area contributed by atoms with Gasteiger partial charge in [-0.1, -0.05) is 19.1 Å². The average Bonchev–Trinajstić information content (AvgIpc) is 2.45. The summed E-state index contributed by atoms with van der Waals surface area (Å²) in [5.74, 6) is 1.00. The number of carbonyl (C=O) groups excluding carboxylic acids is 1. The summed E-state index contributed by atoms with van der Waals surface area (Å²) in [6, 6.07) is 8.27. The van der Waals surface area contributed by atoms with E-state index in [-0.39, 0.29) is 11.9 Å². The fraction of sp³-hybridized carbons (Fsp3) is 0.562. The number of ether oxygens (including phenoxy) is 1. The lowest BCUT2D eigenvalue weighted by molar-refractivity contribution is -0.121. The molecule has 4 heteroatoms. The van der Waals surface area contributed by atoms with Crippen LogP contribution in [0.4, 0.5) is 0 Å². The zero-order chi connectivity index (χ0) is 14.8. The van der Waals surface area contributed by atoms with E-state index in [4.69, 9.17) is 4.74 Å². The van der Waals surface area contributed by atoms with Crippen molar-refractivity contribution in [3.05, 3.63) is 29.8 Å². The third-order valence-electron chi connectivity index (χ3n) is 3.11. The van der Waals surface area contributed by atoms with Gasteiger partial charge in [0.15, 0.2) is 0 Å². The Bertz CT molecular complexity index is 390. The quantitative estimate of drug-likeness (QED) is 0.682. The van der Waals surface area contributed by atoms with Crippen LogP contribution in [0.3, 0.4) is 0 Å². The fourth-order valence-electron chi connectivity index (χ4n) is 1.75. The molecule has 20 heavy (non-hydrogen) atoms. The van der Waals surface area contributed by atoms with Crippen molar-refractivity contribution in [2.75, 3.05) is 13.2 Å². The highest BCUT2D eigenvalue weighted by molar-refractivity contribution is 5.76. The molecule has 112 valence electrons. The molecule has 1 atom stereocenters. The number of amides is 1. The Morgan fingerprint density at radius 3 is 2.55 bits per heavy atom. The van der Waals surface area contributed by atoms with Crippen molar-refractivity contribution in [2.24, 2.45) is 0 Å². The minimum absolute atomic E-state index is 0.110. The maximum atomic E-state index is 11.6. The first kappa shape index (κ1) is 16.5. The number of hydrogen-bond donors (Lipinski definition) is 2. The smallest absolute Gasteiger partial charge is 0.221 e. The van der Waals surface area contributed by atoms with Gasteiger partial charge in [-0.25, -0.2) is 0 Å². The number of rotatable bonds is 9. The van der Waals surface area contributed by atoms with Gasteiger partial charge in [0.1, 0.15) is 5.75 Å². The molecule has 1 amide bonds. The van der Waals surface area contributed by atoms with Crippen molar-refractivity contribution in [3.63, 3.8) is 0 Å². The van der Waals surface area contributed by atoms with Crippen LogP contribution in [0, 0.1) is 0 Å². The summed E-state index contributed by atoms with van der Waals surface area (Å²) >= 11 is 0. The second-order valence-corrected chi connectivity index (χ2v) is 4.88. The molecule has 0 radical (unpaired) electrons. The minimum Gasteiger partial charge on any atom is -0.494 e. The van der Waals surface area contributed by atoms with Gasteiger partial charge in [0.2, 0.25) is 5.91 Å². The van der Waals surface area contributed by atoms with Gasteiger partial charge in [-0.3, -0.25) is 4.79 Å². The molecule has 0 bridgehead atoms.